The Kier molecular flexibility index (Phi) is 4.91. The Labute approximate surface area is 127 Å². The van der Waals surface area contributed by atoms with Gasteiger partial charge in [-0.3, -0.25) is 14.5 Å². The zero-order valence-electron chi connectivity index (χ0n) is 13.6. The van der Waals surface area contributed by atoms with Crippen molar-refractivity contribution in [3.8, 4) is 0 Å². The molecule has 1 aliphatic carbocycles. The minimum absolute atomic E-state index is 0.0190. The van der Waals surface area contributed by atoms with Crippen LogP contribution in [-0.2, 0) is 14.3 Å². The maximum Gasteiger partial charge on any atom is 0.245 e. The second-order valence-electron chi connectivity index (χ2n) is 6.76. The van der Waals surface area contributed by atoms with E-state index >= 15 is 0 Å². The summed E-state index contributed by atoms with van der Waals surface area (Å²) in [6.45, 7) is 8.21. The van der Waals surface area contributed by atoms with Crippen molar-refractivity contribution in [2.75, 3.05) is 6.61 Å². The fourth-order valence-electron chi connectivity index (χ4n) is 3.63. The van der Waals surface area contributed by atoms with Crippen LogP contribution in [0.25, 0.3) is 0 Å². The molecule has 0 bridgehead atoms. The fraction of sp³-hybridized carbons (Fsp3) is 0.875. The molecule has 2 rings (SSSR count). The van der Waals surface area contributed by atoms with Gasteiger partial charge in [-0.2, -0.15) is 0 Å². The van der Waals surface area contributed by atoms with Crippen LogP contribution in [-0.4, -0.2) is 41.1 Å². The zero-order chi connectivity index (χ0) is 15.6. The number of amides is 2. The number of nitrogens with one attached hydrogen (secondary N) is 1. The first kappa shape index (κ1) is 16.3. The molecule has 1 N–H and O–H groups in total. The molecule has 1 aliphatic heterocycles. The molecule has 3 atom stereocenters. The number of ether oxygens (including phenoxy) is 1. The van der Waals surface area contributed by atoms with E-state index in [0.29, 0.717) is 18.9 Å². The van der Waals surface area contributed by atoms with Gasteiger partial charge < -0.3 is 10.1 Å². The Hall–Kier alpha value is -1.10. The Morgan fingerprint density at radius 2 is 2.14 bits per heavy atom. The van der Waals surface area contributed by atoms with E-state index in [1.165, 1.54) is 6.42 Å². The first-order valence-corrected chi connectivity index (χ1v) is 8.16. The molecule has 5 heteroatoms. The highest BCUT2D eigenvalue weighted by Crippen LogP contribution is 2.42. The second-order valence-corrected chi connectivity index (χ2v) is 6.76. The van der Waals surface area contributed by atoms with Crippen molar-refractivity contribution in [2.45, 2.75) is 77.6 Å². The van der Waals surface area contributed by atoms with E-state index in [9.17, 15) is 9.59 Å². The van der Waals surface area contributed by atoms with Crippen LogP contribution in [0.1, 0.15) is 59.8 Å². The topological polar surface area (TPSA) is 58.6 Å². The highest BCUT2D eigenvalue weighted by atomic mass is 16.5. The minimum Gasteiger partial charge on any atom is -0.353 e. The first-order valence-electron chi connectivity index (χ1n) is 8.16. The van der Waals surface area contributed by atoms with Crippen molar-refractivity contribution < 1.29 is 14.3 Å². The molecule has 0 radical (unpaired) electrons. The van der Waals surface area contributed by atoms with Crippen LogP contribution in [0.3, 0.4) is 0 Å². The van der Waals surface area contributed by atoms with Gasteiger partial charge in [0, 0.05) is 12.5 Å². The lowest BCUT2D eigenvalue weighted by Crippen LogP contribution is -2.57. The molecule has 0 aromatic heterocycles. The number of carbonyl (C=O) groups is 2. The van der Waals surface area contributed by atoms with Crippen LogP contribution in [0, 0.1) is 5.92 Å². The molecule has 1 heterocycles. The standard InChI is InChI=1S/C16H28N2O3/c1-5-14(19)18-13(15(20)17-11(2)3)10-21-16(18)8-6-7-12(4)9-16/h11-13H,5-10H2,1-4H3,(H,17,20)/t12-,13+,16-/m0/s1. The Bertz CT molecular complexity index is 408. The van der Waals surface area contributed by atoms with Crippen LogP contribution < -0.4 is 5.32 Å². The summed E-state index contributed by atoms with van der Waals surface area (Å²) >= 11 is 0. The molecular weight excluding hydrogens is 268 g/mol. The summed E-state index contributed by atoms with van der Waals surface area (Å²) in [6.07, 6.45) is 4.30. The average molecular weight is 296 g/mol. The molecule has 1 saturated heterocycles. The smallest absolute Gasteiger partial charge is 0.245 e. The largest absolute Gasteiger partial charge is 0.353 e. The van der Waals surface area contributed by atoms with Gasteiger partial charge >= 0.3 is 0 Å². The van der Waals surface area contributed by atoms with E-state index in [1.54, 1.807) is 4.90 Å². The predicted octanol–water partition coefficient (Wildman–Crippen LogP) is 2.05. The number of hydrogen-bond donors (Lipinski definition) is 1. The lowest BCUT2D eigenvalue weighted by atomic mass is 9.83. The van der Waals surface area contributed by atoms with Gasteiger partial charge in [0.25, 0.3) is 0 Å². The summed E-state index contributed by atoms with van der Waals surface area (Å²) in [5, 5.41) is 2.91. The van der Waals surface area contributed by atoms with Gasteiger partial charge in [0.1, 0.15) is 11.8 Å². The second kappa shape index (κ2) is 6.34. The van der Waals surface area contributed by atoms with Gasteiger partial charge in [-0.25, -0.2) is 0 Å². The molecule has 21 heavy (non-hydrogen) atoms. The molecule has 1 spiro atoms. The quantitative estimate of drug-likeness (QED) is 0.867. The zero-order valence-corrected chi connectivity index (χ0v) is 13.6. The first-order chi connectivity index (χ1) is 9.89. The summed E-state index contributed by atoms with van der Waals surface area (Å²) in [4.78, 5) is 26.6. The van der Waals surface area contributed by atoms with E-state index < -0.39 is 11.8 Å². The monoisotopic (exact) mass is 296 g/mol. The average Bonchev–Trinajstić information content (AvgIpc) is 2.75. The summed E-state index contributed by atoms with van der Waals surface area (Å²) in [7, 11) is 0. The van der Waals surface area contributed by atoms with Crippen molar-refractivity contribution in [1.29, 1.82) is 0 Å². The van der Waals surface area contributed by atoms with Crippen LogP contribution in [0.4, 0.5) is 0 Å². The van der Waals surface area contributed by atoms with Crippen molar-refractivity contribution >= 4 is 11.8 Å². The Balaban J connectivity index is 2.23. The summed E-state index contributed by atoms with van der Waals surface area (Å²) in [5.41, 5.74) is -0.552. The highest BCUT2D eigenvalue weighted by molar-refractivity contribution is 5.88. The molecule has 2 aliphatic rings. The highest BCUT2D eigenvalue weighted by Gasteiger charge is 2.53. The third kappa shape index (κ3) is 3.23. The predicted molar refractivity (Wildman–Crippen MR) is 80.5 cm³/mol. The Morgan fingerprint density at radius 1 is 1.43 bits per heavy atom. The lowest BCUT2D eigenvalue weighted by Gasteiger charge is -2.43. The fourth-order valence-corrected chi connectivity index (χ4v) is 3.63. The molecule has 120 valence electrons. The molecule has 0 unspecified atom stereocenters. The van der Waals surface area contributed by atoms with Gasteiger partial charge in [-0.05, 0) is 39.0 Å². The maximum absolute atomic E-state index is 12.5. The van der Waals surface area contributed by atoms with E-state index in [2.05, 4.69) is 12.2 Å². The van der Waals surface area contributed by atoms with E-state index in [4.69, 9.17) is 4.74 Å². The lowest BCUT2D eigenvalue weighted by molar-refractivity contribution is -0.162. The summed E-state index contributed by atoms with van der Waals surface area (Å²) < 4.78 is 6.05. The molecular formula is C16H28N2O3. The summed E-state index contributed by atoms with van der Waals surface area (Å²) in [5.74, 6) is 0.449. The van der Waals surface area contributed by atoms with Crippen LogP contribution in [0.15, 0.2) is 0 Å². The van der Waals surface area contributed by atoms with E-state index in [-0.39, 0.29) is 17.9 Å². The number of rotatable bonds is 3. The molecule has 2 fully saturated rings. The Morgan fingerprint density at radius 3 is 2.71 bits per heavy atom. The van der Waals surface area contributed by atoms with Crippen LogP contribution >= 0.6 is 0 Å². The maximum atomic E-state index is 12.5. The van der Waals surface area contributed by atoms with Gasteiger partial charge in [0.15, 0.2) is 0 Å². The van der Waals surface area contributed by atoms with Crippen LogP contribution in [0.5, 0.6) is 0 Å². The van der Waals surface area contributed by atoms with Gasteiger partial charge in [-0.15, -0.1) is 0 Å². The SMILES string of the molecule is CCC(=O)N1[C@@H](C(=O)NC(C)C)CO[C@]12CCC[C@H](C)C2. The van der Waals surface area contributed by atoms with Crippen LogP contribution in [0.2, 0.25) is 0 Å². The van der Waals surface area contributed by atoms with E-state index in [0.717, 1.165) is 19.3 Å². The van der Waals surface area contributed by atoms with Gasteiger partial charge in [0.2, 0.25) is 11.8 Å². The van der Waals surface area contributed by atoms with Crippen molar-refractivity contribution in [3.05, 3.63) is 0 Å². The van der Waals surface area contributed by atoms with Gasteiger partial charge in [-0.1, -0.05) is 20.3 Å². The molecule has 0 aromatic carbocycles. The number of nitrogens with zero attached hydrogens (tertiary/aromatic N) is 1. The third-order valence-electron chi connectivity index (χ3n) is 4.50. The third-order valence-corrected chi connectivity index (χ3v) is 4.50. The molecule has 0 aromatic rings. The van der Waals surface area contributed by atoms with Gasteiger partial charge in [0.05, 0.1) is 6.61 Å². The molecule has 2 amide bonds. The molecule has 5 nitrogen and oxygen atoms in total. The summed E-state index contributed by atoms with van der Waals surface area (Å²) in [6, 6.07) is -0.414. The van der Waals surface area contributed by atoms with E-state index in [1.807, 2.05) is 20.8 Å². The van der Waals surface area contributed by atoms with Crippen molar-refractivity contribution in [3.63, 3.8) is 0 Å². The number of carbonyl (C=O) groups excluding carboxylic acids is 2. The van der Waals surface area contributed by atoms with Crippen molar-refractivity contribution in [2.24, 2.45) is 5.92 Å². The van der Waals surface area contributed by atoms with Crippen molar-refractivity contribution in [1.82, 2.24) is 10.2 Å². The normalized spacial score (nSPS) is 32.7. The minimum atomic E-state index is -0.552. The molecule has 1 saturated carbocycles. The number of hydrogen-bond acceptors (Lipinski definition) is 3.